The predicted octanol–water partition coefficient (Wildman–Crippen LogP) is 3.35. The number of ether oxygens (including phenoxy) is 1. The fourth-order valence-corrected chi connectivity index (χ4v) is 1.91. The predicted molar refractivity (Wildman–Crippen MR) is 77.6 cm³/mol. The molecular weight excluding hydrogens is 256 g/mol. The zero-order chi connectivity index (χ0) is 14.4. The van der Waals surface area contributed by atoms with Crippen LogP contribution in [0.5, 0.6) is 0 Å². The van der Waals surface area contributed by atoms with Crippen molar-refractivity contribution in [1.82, 2.24) is 0 Å². The van der Waals surface area contributed by atoms with Crippen LogP contribution in [0, 0.1) is 10.1 Å². The summed E-state index contributed by atoms with van der Waals surface area (Å²) in [5, 5.41) is 13.8. The highest BCUT2D eigenvalue weighted by Crippen LogP contribution is 2.22. The normalized spacial score (nSPS) is 10.2. The van der Waals surface area contributed by atoms with Gasteiger partial charge in [0.1, 0.15) is 0 Å². The van der Waals surface area contributed by atoms with E-state index in [0.717, 1.165) is 16.8 Å². The molecule has 0 aliphatic rings. The highest BCUT2D eigenvalue weighted by molar-refractivity contribution is 5.55. The molecule has 2 rings (SSSR count). The topological polar surface area (TPSA) is 64.4 Å². The molecule has 0 aliphatic heterocycles. The fourth-order valence-electron chi connectivity index (χ4n) is 1.91. The number of nitrogens with one attached hydrogen (secondary N) is 1. The zero-order valence-corrected chi connectivity index (χ0v) is 11.2. The molecule has 0 aromatic heterocycles. The van der Waals surface area contributed by atoms with Crippen LogP contribution >= 0.6 is 0 Å². The molecule has 0 unspecified atom stereocenters. The lowest BCUT2D eigenvalue weighted by atomic mass is 10.1. The molecule has 5 heteroatoms. The Balaban J connectivity index is 2.04. The van der Waals surface area contributed by atoms with Gasteiger partial charge in [0.2, 0.25) is 0 Å². The lowest BCUT2D eigenvalue weighted by Gasteiger charge is -2.09. The van der Waals surface area contributed by atoms with Gasteiger partial charge in [-0.25, -0.2) is 0 Å². The second kappa shape index (κ2) is 6.68. The largest absolute Gasteiger partial charge is 0.388 e. The molecule has 20 heavy (non-hydrogen) atoms. The van der Waals surface area contributed by atoms with E-state index in [1.807, 2.05) is 30.3 Å². The van der Waals surface area contributed by atoms with E-state index in [9.17, 15) is 10.1 Å². The molecule has 0 saturated heterocycles. The maximum absolute atomic E-state index is 10.8. The van der Waals surface area contributed by atoms with Crippen molar-refractivity contribution in [2.45, 2.75) is 13.2 Å². The van der Waals surface area contributed by atoms with Gasteiger partial charge in [0.25, 0.3) is 5.69 Å². The van der Waals surface area contributed by atoms with Gasteiger partial charge in [0.05, 0.1) is 18.1 Å². The summed E-state index contributed by atoms with van der Waals surface area (Å²) in [6, 6.07) is 14.5. The monoisotopic (exact) mass is 272 g/mol. The van der Waals surface area contributed by atoms with Crippen molar-refractivity contribution < 1.29 is 9.66 Å². The third kappa shape index (κ3) is 3.55. The Morgan fingerprint density at radius 1 is 1.15 bits per heavy atom. The number of hydrogen-bond acceptors (Lipinski definition) is 4. The van der Waals surface area contributed by atoms with Crippen LogP contribution in [0.3, 0.4) is 0 Å². The smallest absolute Gasteiger partial charge is 0.269 e. The third-order valence-corrected chi connectivity index (χ3v) is 2.94. The van der Waals surface area contributed by atoms with E-state index in [1.54, 1.807) is 13.1 Å². The molecule has 0 amide bonds. The zero-order valence-electron chi connectivity index (χ0n) is 11.2. The van der Waals surface area contributed by atoms with Crippen molar-refractivity contribution in [3.8, 4) is 0 Å². The molecule has 0 atom stereocenters. The van der Waals surface area contributed by atoms with Crippen LogP contribution in [-0.2, 0) is 18.0 Å². The molecule has 5 nitrogen and oxygen atoms in total. The highest BCUT2D eigenvalue weighted by Gasteiger charge is 2.10. The van der Waals surface area contributed by atoms with E-state index in [2.05, 4.69) is 5.32 Å². The van der Waals surface area contributed by atoms with E-state index in [-0.39, 0.29) is 5.69 Å². The summed E-state index contributed by atoms with van der Waals surface area (Å²) in [6.07, 6.45) is 0. The summed E-state index contributed by atoms with van der Waals surface area (Å²) in [5.41, 5.74) is 2.76. The van der Waals surface area contributed by atoms with Crippen molar-refractivity contribution in [2.75, 3.05) is 12.4 Å². The Hall–Kier alpha value is -2.40. The van der Waals surface area contributed by atoms with Crippen molar-refractivity contribution in [3.05, 3.63) is 69.8 Å². The van der Waals surface area contributed by atoms with E-state index < -0.39 is 4.92 Å². The van der Waals surface area contributed by atoms with Gasteiger partial charge in [-0.1, -0.05) is 30.3 Å². The van der Waals surface area contributed by atoms with Gasteiger partial charge in [-0.3, -0.25) is 10.1 Å². The Morgan fingerprint density at radius 2 is 1.90 bits per heavy atom. The minimum absolute atomic E-state index is 0.0716. The molecule has 0 heterocycles. The van der Waals surface area contributed by atoms with Crippen LogP contribution in [0.25, 0.3) is 0 Å². The Kier molecular flexibility index (Phi) is 4.68. The second-order valence-electron chi connectivity index (χ2n) is 4.33. The lowest BCUT2D eigenvalue weighted by Crippen LogP contribution is -2.00. The van der Waals surface area contributed by atoms with Crippen LogP contribution in [0.15, 0.2) is 48.5 Å². The molecule has 0 fully saturated rings. The van der Waals surface area contributed by atoms with E-state index in [0.29, 0.717) is 13.2 Å². The average Bonchev–Trinajstić information content (AvgIpc) is 2.48. The Morgan fingerprint density at radius 3 is 2.55 bits per heavy atom. The summed E-state index contributed by atoms with van der Waals surface area (Å²) in [7, 11) is 1.78. The average molecular weight is 272 g/mol. The van der Waals surface area contributed by atoms with Crippen molar-refractivity contribution in [3.63, 3.8) is 0 Å². The number of benzene rings is 2. The SMILES string of the molecule is CNc1ccc([N+](=O)[O-])cc1COCc1ccccc1. The van der Waals surface area contributed by atoms with Crippen LogP contribution in [0.1, 0.15) is 11.1 Å². The molecule has 0 bridgehead atoms. The first kappa shape index (κ1) is 14.0. The van der Waals surface area contributed by atoms with Crippen LogP contribution < -0.4 is 5.32 Å². The molecule has 2 aromatic carbocycles. The van der Waals surface area contributed by atoms with Crippen LogP contribution in [-0.4, -0.2) is 12.0 Å². The number of rotatable bonds is 6. The lowest BCUT2D eigenvalue weighted by molar-refractivity contribution is -0.384. The number of nitro groups is 1. The number of hydrogen-bond donors (Lipinski definition) is 1. The second-order valence-corrected chi connectivity index (χ2v) is 4.33. The summed E-state index contributed by atoms with van der Waals surface area (Å²) in [5.74, 6) is 0. The summed E-state index contributed by atoms with van der Waals surface area (Å²) in [6.45, 7) is 0.805. The van der Waals surface area contributed by atoms with Gasteiger partial charge in [-0.15, -0.1) is 0 Å². The molecule has 1 N–H and O–H groups in total. The molecule has 2 aromatic rings. The fraction of sp³-hybridized carbons (Fsp3) is 0.200. The summed E-state index contributed by atoms with van der Waals surface area (Å²) < 4.78 is 5.62. The first-order valence-electron chi connectivity index (χ1n) is 6.27. The maximum Gasteiger partial charge on any atom is 0.269 e. The quantitative estimate of drug-likeness (QED) is 0.647. The number of anilines is 1. The molecule has 0 spiro atoms. The first-order chi connectivity index (χ1) is 9.70. The summed E-state index contributed by atoms with van der Waals surface area (Å²) >= 11 is 0. The van der Waals surface area contributed by atoms with Crippen LogP contribution in [0.2, 0.25) is 0 Å². The van der Waals surface area contributed by atoms with Crippen molar-refractivity contribution >= 4 is 11.4 Å². The van der Waals surface area contributed by atoms with Gasteiger partial charge in [-0.05, 0) is 11.6 Å². The Labute approximate surface area is 117 Å². The Bertz CT molecular complexity index is 585. The van der Waals surface area contributed by atoms with E-state index in [4.69, 9.17) is 4.74 Å². The standard InChI is InChI=1S/C15H16N2O3/c1-16-15-8-7-14(17(18)19)9-13(15)11-20-10-12-5-3-2-4-6-12/h2-9,16H,10-11H2,1H3. The third-order valence-electron chi connectivity index (χ3n) is 2.94. The minimum Gasteiger partial charge on any atom is -0.388 e. The first-order valence-corrected chi connectivity index (χ1v) is 6.27. The van der Waals surface area contributed by atoms with E-state index >= 15 is 0 Å². The van der Waals surface area contributed by atoms with Gasteiger partial charge in [-0.2, -0.15) is 0 Å². The highest BCUT2D eigenvalue weighted by atomic mass is 16.6. The minimum atomic E-state index is -0.403. The molecule has 0 saturated carbocycles. The summed E-state index contributed by atoms with van der Waals surface area (Å²) in [4.78, 5) is 10.4. The molecule has 0 radical (unpaired) electrons. The van der Waals surface area contributed by atoms with Crippen molar-refractivity contribution in [2.24, 2.45) is 0 Å². The number of non-ortho nitro benzene ring substituents is 1. The van der Waals surface area contributed by atoms with Gasteiger partial charge < -0.3 is 10.1 Å². The number of nitrogens with zero attached hydrogens (tertiary/aromatic N) is 1. The molecule has 0 aliphatic carbocycles. The maximum atomic E-state index is 10.8. The van der Waals surface area contributed by atoms with Gasteiger partial charge in [0.15, 0.2) is 0 Å². The van der Waals surface area contributed by atoms with Crippen LogP contribution in [0.4, 0.5) is 11.4 Å². The van der Waals surface area contributed by atoms with Crippen molar-refractivity contribution in [1.29, 1.82) is 0 Å². The molecular formula is C15H16N2O3. The van der Waals surface area contributed by atoms with E-state index in [1.165, 1.54) is 12.1 Å². The van der Waals surface area contributed by atoms with Gasteiger partial charge >= 0.3 is 0 Å². The van der Waals surface area contributed by atoms with Gasteiger partial charge in [0, 0.05) is 30.4 Å². The number of nitro benzene ring substituents is 1. The molecule has 104 valence electrons.